The number of benzene rings is 2. The molecule has 0 fully saturated rings. The molecule has 0 aromatic heterocycles. The zero-order valence-electron chi connectivity index (χ0n) is 14.6. The number of nitrogens with one attached hydrogen (secondary N) is 1. The second-order valence-electron chi connectivity index (χ2n) is 6.33. The zero-order chi connectivity index (χ0) is 17.0. The third-order valence-corrected chi connectivity index (χ3v) is 3.90. The van der Waals surface area contributed by atoms with E-state index < -0.39 is 0 Å². The summed E-state index contributed by atoms with van der Waals surface area (Å²) >= 11 is 0. The van der Waals surface area contributed by atoms with E-state index in [1.165, 1.54) is 11.1 Å². The van der Waals surface area contributed by atoms with Gasteiger partial charge in [-0.2, -0.15) is 0 Å². The first-order chi connectivity index (χ1) is 10.9. The summed E-state index contributed by atoms with van der Waals surface area (Å²) < 4.78 is 5.61. The minimum absolute atomic E-state index is 0.00778. The van der Waals surface area contributed by atoms with Crippen molar-refractivity contribution in [3.8, 4) is 5.75 Å². The summed E-state index contributed by atoms with van der Waals surface area (Å²) in [4.78, 5) is 12.1. The fourth-order valence-corrected chi connectivity index (χ4v) is 2.59. The lowest BCUT2D eigenvalue weighted by molar-refractivity contribution is -0.118. The molecular formula is C20H25NO2. The van der Waals surface area contributed by atoms with E-state index in [-0.39, 0.29) is 12.5 Å². The summed E-state index contributed by atoms with van der Waals surface area (Å²) in [6.07, 6.45) is 0. The van der Waals surface area contributed by atoms with Crippen molar-refractivity contribution >= 4 is 11.6 Å². The van der Waals surface area contributed by atoms with Crippen LogP contribution >= 0.6 is 0 Å². The predicted molar refractivity (Wildman–Crippen MR) is 95.3 cm³/mol. The van der Waals surface area contributed by atoms with Crippen LogP contribution in [-0.2, 0) is 4.79 Å². The van der Waals surface area contributed by atoms with Crippen LogP contribution in [0.25, 0.3) is 0 Å². The third kappa shape index (κ3) is 4.59. The van der Waals surface area contributed by atoms with Crippen molar-refractivity contribution in [1.29, 1.82) is 0 Å². The molecule has 1 amide bonds. The highest BCUT2D eigenvalue weighted by Gasteiger charge is 2.08. The van der Waals surface area contributed by atoms with Crippen molar-refractivity contribution in [2.24, 2.45) is 0 Å². The second-order valence-corrected chi connectivity index (χ2v) is 6.33. The third-order valence-electron chi connectivity index (χ3n) is 3.90. The van der Waals surface area contributed by atoms with Crippen LogP contribution in [0.2, 0.25) is 0 Å². The molecule has 0 aliphatic carbocycles. The molecule has 2 rings (SSSR count). The summed E-state index contributed by atoms with van der Waals surface area (Å²) in [5.41, 5.74) is 5.49. The Bertz CT molecular complexity index is 705. The Labute approximate surface area is 138 Å². The topological polar surface area (TPSA) is 38.3 Å². The lowest BCUT2D eigenvalue weighted by Crippen LogP contribution is -2.20. The van der Waals surface area contributed by atoms with Crippen LogP contribution in [-0.4, -0.2) is 12.5 Å². The molecule has 122 valence electrons. The number of carbonyl (C=O) groups excluding carboxylic acids is 1. The maximum Gasteiger partial charge on any atom is 0.262 e. The Morgan fingerprint density at radius 1 is 1.04 bits per heavy atom. The highest BCUT2D eigenvalue weighted by molar-refractivity contribution is 5.92. The normalized spacial score (nSPS) is 10.7. The molecule has 0 bridgehead atoms. The van der Waals surface area contributed by atoms with Crippen molar-refractivity contribution in [2.45, 2.75) is 40.5 Å². The number of hydrogen-bond donors (Lipinski definition) is 1. The van der Waals surface area contributed by atoms with E-state index in [0.29, 0.717) is 5.92 Å². The van der Waals surface area contributed by atoms with Gasteiger partial charge in [-0.1, -0.05) is 32.0 Å². The van der Waals surface area contributed by atoms with Gasteiger partial charge in [0, 0.05) is 5.69 Å². The van der Waals surface area contributed by atoms with Crippen LogP contribution in [0.3, 0.4) is 0 Å². The first kappa shape index (κ1) is 17.1. The number of amides is 1. The largest absolute Gasteiger partial charge is 0.484 e. The van der Waals surface area contributed by atoms with Gasteiger partial charge in [0.25, 0.3) is 5.91 Å². The molecular weight excluding hydrogens is 286 g/mol. The van der Waals surface area contributed by atoms with E-state index in [2.05, 4.69) is 32.2 Å². The van der Waals surface area contributed by atoms with Crippen molar-refractivity contribution in [3.05, 3.63) is 58.7 Å². The zero-order valence-corrected chi connectivity index (χ0v) is 14.6. The fourth-order valence-electron chi connectivity index (χ4n) is 2.59. The highest BCUT2D eigenvalue weighted by atomic mass is 16.5. The van der Waals surface area contributed by atoms with Crippen molar-refractivity contribution < 1.29 is 9.53 Å². The van der Waals surface area contributed by atoms with E-state index in [0.717, 1.165) is 22.6 Å². The molecule has 0 saturated carbocycles. The molecule has 0 aliphatic rings. The molecule has 0 aliphatic heterocycles. The van der Waals surface area contributed by atoms with Gasteiger partial charge in [-0.15, -0.1) is 0 Å². The maximum atomic E-state index is 12.1. The van der Waals surface area contributed by atoms with Gasteiger partial charge < -0.3 is 10.1 Å². The number of carbonyl (C=O) groups is 1. The first-order valence-electron chi connectivity index (χ1n) is 7.97. The van der Waals surface area contributed by atoms with Crippen LogP contribution in [0.4, 0.5) is 5.69 Å². The summed E-state index contributed by atoms with van der Waals surface area (Å²) in [7, 11) is 0. The number of rotatable bonds is 5. The summed E-state index contributed by atoms with van der Waals surface area (Å²) in [6.45, 7) is 10.4. The highest BCUT2D eigenvalue weighted by Crippen LogP contribution is 2.23. The smallest absolute Gasteiger partial charge is 0.262 e. The molecule has 23 heavy (non-hydrogen) atoms. The van der Waals surface area contributed by atoms with E-state index in [4.69, 9.17) is 4.74 Å². The van der Waals surface area contributed by atoms with E-state index in [1.54, 1.807) is 0 Å². The number of hydrogen-bond acceptors (Lipinski definition) is 2. The lowest BCUT2D eigenvalue weighted by Gasteiger charge is -2.13. The van der Waals surface area contributed by atoms with Gasteiger partial charge in [-0.3, -0.25) is 4.79 Å². The predicted octanol–water partition coefficient (Wildman–Crippen LogP) is 4.75. The van der Waals surface area contributed by atoms with E-state index >= 15 is 0 Å². The molecule has 0 atom stereocenters. The lowest BCUT2D eigenvalue weighted by atomic mass is 9.98. The SMILES string of the molecule is Cc1ccc(C)c(NC(=O)COc2ccc(C(C)C)c(C)c2)c1. The molecule has 1 N–H and O–H groups in total. The van der Waals surface area contributed by atoms with Crippen molar-refractivity contribution in [1.82, 2.24) is 0 Å². The summed E-state index contributed by atoms with van der Waals surface area (Å²) in [5, 5.41) is 2.90. The molecule has 0 spiro atoms. The summed E-state index contributed by atoms with van der Waals surface area (Å²) in [5.74, 6) is 1.06. The Balaban J connectivity index is 1.97. The van der Waals surface area contributed by atoms with Crippen LogP contribution in [0.15, 0.2) is 36.4 Å². The maximum absolute atomic E-state index is 12.1. The fraction of sp³-hybridized carbons (Fsp3) is 0.350. The van der Waals surface area contributed by atoms with Gasteiger partial charge in [-0.25, -0.2) is 0 Å². The molecule has 0 heterocycles. The summed E-state index contributed by atoms with van der Waals surface area (Å²) in [6, 6.07) is 12.0. The monoisotopic (exact) mass is 311 g/mol. The van der Waals surface area contributed by atoms with E-state index in [9.17, 15) is 4.79 Å². The number of ether oxygens (including phenoxy) is 1. The average molecular weight is 311 g/mol. The Kier molecular flexibility index (Phi) is 5.43. The van der Waals surface area contributed by atoms with Crippen LogP contribution in [0.5, 0.6) is 5.75 Å². The number of anilines is 1. The van der Waals surface area contributed by atoms with Gasteiger partial charge in [-0.05, 0) is 67.1 Å². The van der Waals surface area contributed by atoms with Gasteiger partial charge in [0.05, 0.1) is 0 Å². The van der Waals surface area contributed by atoms with E-state index in [1.807, 2.05) is 44.2 Å². The minimum atomic E-state index is -0.149. The molecule has 2 aromatic rings. The molecule has 0 unspecified atom stereocenters. The quantitative estimate of drug-likeness (QED) is 0.865. The van der Waals surface area contributed by atoms with Crippen LogP contribution in [0.1, 0.15) is 42.0 Å². The van der Waals surface area contributed by atoms with Crippen molar-refractivity contribution in [2.75, 3.05) is 11.9 Å². The van der Waals surface area contributed by atoms with Gasteiger partial charge in [0.15, 0.2) is 6.61 Å². The van der Waals surface area contributed by atoms with Gasteiger partial charge in [0.1, 0.15) is 5.75 Å². The Hall–Kier alpha value is -2.29. The second kappa shape index (κ2) is 7.32. The standard InChI is InChI=1S/C20H25NO2/c1-13(2)18-9-8-17(11-16(18)5)23-12-20(22)21-19-10-14(3)6-7-15(19)4/h6-11,13H,12H2,1-5H3,(H,21,22). The number of aryl methyl sites for hydroxylation is 3. The molecule has 0 saturated heterocycles. The van der Waals surface area contributed by atoms with Crippen LogP contribution in [0, 0.1) is 20.8 Å². The van der Waals surface area contributed by atoms with Gasteiger partial charge in [0.2, 0.25) is 0 Å². The average Bonchev–Trinajstić information content (AvgIpc) is 2.48. The minimum Gasteiger partial charge on any atom is -0.484 e. The van der Waals surface area contributed by atoms with Crippen molar-refractivity contribution in [3.63, 3.8) is 0 Å². The molecule has 3 heteroatoms. The van der Waals surface area contributed by atoms with Crippen LogP contribution < -0.4 is 10.1 Å². The molecule has 2 aromatic carbocycles. The molecule has 0 radical (unpaired) electrons. The van der Waals surface area contributed by atoms with Gasteiger partial charge >= 0.3 is 0 Å². The molecule has 3 nitrogen and oxygen atoms in total. The first-order valence-corrected chi connectivity index (χ1v) is 7.97. The Morgan fingerprint density at radius 2 is 1.78 bits per heavy atom. The Morgan fingerprint density at radius 3 is 2.43 bits per heavy atom.